The topological polar surface area (TPSA) is 23.6 Å². The van der Waals surface area contributed by atoms with E-state index in [0.29, 0.717) is 17.1 Å². The predicted molar refractivity (Wildman–Crippen MR) is 88.9 cm³/mol. The fourth-order valence-electron chi connectivity index (χ4n) is 2.08. The third-order valence-electron chi connectivity index (χ3n) is 2.93. The van der Waals surface area contributed by atoms with Gasteiger partial charge in [0, 0.05) is 28.3 Å². The van der Waals surface area contributed by atoms with Crippen molar-refractivity contribution in [1.82, 2.24) is 9.80 Å². The number of hydrogen-bond donors (Lipinski definition) is 0. The minimum Gasteiger partial charge on any atom is -0.335 e. The van der Waals surface area contributed by atoms with Crippen LogP contribution in [0, 0.1) is 3.57 Å². The van der Waals surface area contributed by atoms with Gasteiger partial charge in [0.2, 0.25) is 0 Å². The Morgan fingerprint density at radius 1 is 1.42 bits per heavy atom. The molecule has 0 aliphatic carbocycles. The van der Waals surface area contributed by atoms with Gasteiger partial charge in [-0.15, -0.1) is 0 Å². The summed E-state index contributed by atoms with van der Waals surface area (Å²) in [5, 5.41) is 0.628. The predicted octanol–water partition coefficient (Wildman–Crippen LogP) is 3.36. The zero-order chi connectivity index (χ0) is 14.6. The van der Waals surface area contributed by atoms with Gasteiger partial charge in [0.15, 0.2) is 0 Å². The maximum absolute atomic E-state index is 12.5. The van der Waals surface area contributed by atoms with E-state index in [2.05, 4.69) is 34.4 Å². The number of carbonyl (C=O) groups excluding carboxylic acids is 1. The monoisotopic (exact) mass is 394 g/mol. The number of halogens is 2. The van der Waals surface area contributed by atoms with Crippen molar-refractivity contribution in [2.75, 3.05) is 27.2 Å². The van der Waals surface area contributed by atoms with Gasteiger partial charge < -0.3 is 9.80 Å². The van der Waals surface area contributed by atoms with Crippen LogP contribution >= 0.6 is 34.2 Å². The zero-order valence-corrected chi connectivity index (χ0v) is 14.7. The van der Waals surface area contributed by atoms with Crippen LogP contribution < -0.4 is 0 Å². The molecule has 106 valence electrons. The highest BCUT2D eigenvalue weighted by Crippen LogP contribution is 2.21. The summed E-state index contributed by atoms with van der Waals surface area (Å²) in [6, 6.07) is 5.63. The van der Waals surface area contributed by atoms with E-state index >= 15 is 0 Å². The van der Waals surface area contributed by atoms with Crippen molar-refractivity contribution in [3.05, 3.63) is 32.4 Å². The molecule has 0 aliphatic rings. The van der Waals surface area contributed by atoms with Crippen LogP contribution in [-0.2, 0) is 0 Å². The number of nitrogens with zero attached hydrogens (tertiary/aromatic N) is 2. The minimum absolute atomic E-state index is 0.0372. The summed E-state index contributed by atoms with van der Waals surface area (Å²) >= 11 is 8.24. The van der Waals surface area contributed by atoms with Crippen molar-refractivity contribution < 1.29 is 4.79 Å². The second-order valence-corrected chi connectivity index (χ2v) is 6.40. The van der Waals surface area contributed by atoms with Gasteiger partial charge in [-0.05, 0) is 68.7 Å². The molecule has 0 heterocycles. The first-order chi connectivity index (χ1) is 8.86. The molecule has 0 N–H and O–H groups in total. The molecular weight excluding hydrogens is 375 g/mol. The van der Waals surface area contributed by atoms with Gasteiger partial charge in [0.25, 0.3) is 5.91 Å². The van der Waals surface area contributed by atoms with Gasteiger partial charge >= 0.3 is 0 Å². The SMILES string of the molecule is CCN(C(=O)c1ccc(I)c(Cl)c1)C(C)CN(C)C. The van der Waals surface area contributed by atoms with Crippen molar-refractivity contribution in [3.63, 3.8) is 0 Å². The lowest BCUT2D eigenvalue weighted by Crippen LogP contribution is -2.43. The highest BCUT2D eigenvalue weighted by molar-refractivity contribution is 14.1. The van der Waals surface area contributed by atoms with Gasteiger partial charge in [0.1, 0.15) is 0 Å². The molecule has 1 amide bonds. The molecule has 0 saturated carbocycles. The third-order valence-corrected chi connectivity index (χ3v) is 4.50. The lowest BCUT2D eigenvalue weighted by molar-refractivity contribution is 0.0679. The molecule has 1 unspecified atom stereocenters. The fraction of sp³-hybridized carbons (Fsp3) is 0.500. The molecular formula is C14H20ClIN2O. The van der Waals surface area contributed by atoms with E-state index in [1.165, 1.54) is 0 Å². The Morgan fingerprint density at radius 3 is 2.53 bits per heavy atom. The Labute approximate surface area is 134 Å². The molecule has 0 saturated heterocycles. The van der Waals surface area contributed by atoms with Crippen LogP contribution in [-0.4, -0.2) is 48.9 Å². The quantitative estimate of drug-likeness (QED) is 0.715. The highest BCUT2D eigenvalue weighted by Gasteiger charge is 2.20. The molecule has 0 spiro atoms. The van der Waals surface area contributed by atoms with E-state index in [-0.39, 0.29) is 11.9 Å². The van der Waals surface area contributed by atoms with Gasteiger partial charge in [-0.2, -0.15) is 0 Å². The van der Waals surface area contributed by atoms with Crippen LogP contribution in [0.25, 0.3) is 0 Å². The summed E-state index contributed by atoms with van der Waals surface area (Å²) in [5.74, 6) is 0.0372. The van der Waals surface area contributed by atoms with E-state index in [1.54, 1.807) is 6.07 Å². The lowest BCUT2D eigenvalue weighted by atomic mass is 10.1. The van der Waals surface area contributed by atoms with Crippen LogP contribution in [0.2, 0.25) is 5.02 Å². The van der Waals surface area contributed by atoms with Crippen molar-refractivity contribution in [1.29, 1.82) is 0 Å². The van der Waals surface area contributed by atoms with E-state index in [9.17, 15) is 4.79 Å². The largest absolute Gasteiger partial charge is 0.335 e. The average molecular weight is 395 g/mol. The van der Waals surface area contributed by atoms with Crippen molar-refractivity contribution in [3.8, 4) is 0 Å². The summed E-state index contributed by atoms with van der Waals surface area (Å²) in [6.45, 7) is 5.60. The number of rotatable bonds is 5. The summed E-state index contributed by atoms with van der Waals surface area (Å²) in [4.78, 5) is 16.5. The van der Waals surface area contributed by atoms with Crippen LogP contribution in [0.1, 0.15) is 24.2 Å². The third kappa shape index (κ3) is 4.61. The van der Waals surface area contributed by atoms with Crippen LogP contribution in [0.3, 0.4) is 0 Å². The van der Waals surface area contributed by atoms with Gasteiger partial charge in [-0.3, -0.25) is 4.79 Å². The Morgan fingerprint density at radius 2 is 2.05 bits per heavy atom. The van der Waals surface area contributed by atoms with E-state index in [1.807, 2.05) is 38.1 Å². The Hall–Kier alpha value is -0.330. The summed E-state index contributed by atoms with van der Waals surface area (Å²) < 4.78 is 0.959. The zero-order valence-electron chi connectivity index (χ0n) is 11.8. The molecule has 19 heavy (non-hydrogen) atoms. The molecule has 5 heteroatoms. The first-order valence-electron chi connectivity index (χ1n) is 6.27. The van der Waals surface area contributed by atoms with E-state index < -0.39 is 0 Å². The molecule has 0 radical (unpaired) electrons. The number of likely N-dealkylation sites (N-methyl/N-ethyl adjacent to an activating group) is 2. The van der Waals surface area contributed by atoms with E-state index in [4.69, 9.17) is 11.6 Å². The number of amides is 1. The molecule has 0 bridgehead atoms. The van der Waals surface area contributed by atoms with Crippen LogP contribution in [0.5, 0.6) is 0 Å². The van der Waals surface area contributed by atoms with Crippen molar-refractivity contribution >= 4 is 40.1 Å². The molecule has 3 nitrogen and oxygen atoms in total. The lowest BCUT2D eigenvalue weighted by Gasteiger charge is -2.30. The standard InChI is InChI=1S/C14H20ClIN2O/c1-5-18(10(2)9-17(3)4)14(19)11-6-7-13(16)12(15)8-11/h6-8,10H,5,9H2,1-4H3. The maximum Gasteiger partial charge on any atom is 0.254 e. The average Bonchev–Trinajstić information content (AvgIpc) is 2.32. The Kier molecular flexibility index (Phi) is 6.56. The molecule has 0 fully saturated rings. The first-order valence-corrected chi connectivity index (χ1v) is 7.73. The fourth-order valence-corrected chi connectivity index (χ4v) is 2.59. The second-order valence-electron chi connectivity index (χ2n) is 4.83. The molecule has 1 atom stereocenters. The second kappa shape index (κ2) is 7.45. The summed E-state index contributed by atoms with van der Waals surface area (Å²) in [7, 11) is 4.02. The number of hydrogen-bond acceptors (Lipinski definition) is 2. The summed E-state index contributed by atoms with van der Waals surface area (Å²) in [5.41, 5.74) is 0.651. The van der Waals surface area contributed by atoms with Gasteiger partial charge in [-0.25, -0.2) is 0 Å². The molecule has 1 aromatic carbocycles. The van der Waals surface area contributed by atoms with Crippen molar-refractivity contribution in [2.45, 2.75) is 19.9 Å². The Bertz CT molecular complexity index is 451. The van der Waals surface area contributed by atoms with Gasteiger partial charge in [0.05, 0.1) is 5.02 Å². The first kappa shape index (κ1) is 16.7. The normalized spacial score (nSPS) is 12.6. The number of carbonyl (C=O) groups is 1. The minimum atomic E-state index is 0.0372. The van der Waals surface area contributed by atoms with Crippen LogP contribution in [0.15, 0.2) is 18.2 Å². The summed E-state index contributed by atoms with van der Waals surface area (Å²) in [6.07, 6.45) is 0. The van der Waals surface area contributed by atoms with Gasteiger partial charge in [-0.1, -0.05) is 11.6 Å². The smallest absolute Gasteiger partial charge is 0.254 e. The molecule has 1 aromatic rings. The maximum atomic E-state index is 12.5. The number of benzene rings is 1. The molecule has 0 aliphatic heterocycles. The highest BCUT2D eigenvalue weighted by atomic mass is 127. The molecule has 1 rings (SSSR count). The van der Waals surface area contributed by atoms with Crippen LogP contribution in [0.4, 0.5) is 0 Å². The Balaban J connectivity index is 2.91. The van der Waals surface area contributed by atoms with Crippen molar-refractivity contribution in [2.24, 2.45) is 0 Å². The van der Waals surface area contributed by atoms with E-state index in [0.717, 1.165) is 10.1 Å². The molecule has 0 aromatic heterocycles.